The van der Waals surface area contributed by atoms with E-state index >= 15 is 0 Å². The molecule has 206 valence electrons. The molecule has 0 atom stereocenters. The van der Waals surface area contributed by atoms with Crippen LogP contribution in [0, 0.1) is 13.8 Å². The van der Waals surface area contributed by atoms with Gasteiger partial charge in [-0.05, 0) is 115 Å². The summed E-state index contributed by atoms with van der Waals surface area (Å²) in [7, 11) is 0. The number of aryl methyl sites for hydroxylation is 2. The van der Waals surface area contributed by atoms with Crippen LogP contribution in [0.4, 0.5) is 0 Å². The topological polar surface area (TPSA) is 0 Å². The van der Waals surface area contributed by atoms with Crippen molar-refractivity contribution in [3.8, 4) is 0 Å². The summed E-state index contributed by atoms with van der Waals surface area (Å²) in [5.41, 5.74) is 8.04. The van der Waals surface area contributed by atoms with Crippen LogP contribution in [0.3, 0.4) is 0 Å². The molecule has 0 heteroatoms. The van der Waals surface area contributed by atoms with E-state index in [4.69, 9.17) is 0 Å². The molecule has 0 nitrogen and oxygen atoms in total. The number of hydrogen-bond donors (Lipinski definition) is 0. The Bertz CT molecular complexity index is 1970. The fraction of sp³-hybridized carbons (Fsp3) is 0.220. The summed E-state index contributed by atoms with van der Waals surface area (Å²) >= 11 is 0. The SMILES string of the molecule is CCC.CCC/C(c1ccc2ccccc2c1)=c1/ccc(C)c2/c(=C(\C)c3ccc4ccccc4c3)ccc(C)c12. The lowest BCUT2D eigenvalue weighted by Crippen LogP contribution is -2.17. The fourth-order valence-corrected chi connectivity index (χ4v) is 6.04. The molecule has 0 unspecified atom stereocenters. The minimum absolute atomic E-state index is 1.05. The van der Waals surface area contributed by atoms with Gasteiger partial charge in [0, 0.05) is 0 Å². The van der Waals surface area contributed by atoms with Crippen molar-refractivity contribution in [3.63, 3.8) is 0 Å². The Morgan fingerprint density at radius 3 is 1.54 bits per heavy atom. The first-order chi connectivity index (χ1) is 20.0. The van der Waals surface area contributed by atoms with Crippen LogP contribution >= 0.6 is 0 Å². The van der Waals surface area contributed by atoms with Crippen molar-refractivity contribution >= 4 is 43.5 Å². The predicted molar refractivity (Wildman–Crippen MR) is 182 cm³/mol. The van der Waals surface area contributed by atoms with Crippen LogP contribution < -0.4 is 10.4 Å². The van der Waals surface area contributed by atoms with Gasteiger partial charge in [0.15, 0.2) is 0 Å². The number of fused-ring (bicyclic) bond motifs is 3. The lowest BCUT2D eigenvalue weighted by molar-refractivity contribution is 0.969. The second-order valence-electron chi connectivity index (χ2n) is 11.3. The Morgan fingerprint density at radius 2 is 0.976 bits per heavy atom. The molecule has 6 rings (SSSR count). The highest BCUT2D eigenvalue weighted by Gasteiger charge is 2.12. The zero-order valence-corrected chi connectivity index (χ0v) is 25.5. The van der Waals surface area contributed by atoms with Crippen LogP contribution in [0.2, 0.25) is 0 Å². The van der Waals surface area contributed by atoms with Crippen molar-refractivity contribution in [2.24, 2.45) is 0 Å². The third kappa shape index (κ3) is 5.70. The predicted octanol–water partition coefficient (Wildman–Crippen LogP) is 10.4. The summed E-state index contributed by atoms with van der Waals surface area (Å²) in [6.45, 7) is 13.3. The van der Waals surface area contributed by atoms with Crippen molar-refractivity contribution in [2.45, 2.75) is 60.8 Å². The van der Waals surface area contributed by atoms with Crippen LogP contribution in [-0.2, 0) is 0 Å². The maximum atomic E-state index is 2.37. The monoisotopic (exact) mass is 534 g/mol. The van der Waals surface area contributed by atoms with Gasteiger partial charge in [0.25, 0.3) is 0 Å². The summed E-state index contributed by atoms with van der Waals surface area (Å²) in [6.07, 6.45) is 3.41. The second kappa shape index (κ2) is 12.6. The lowest BCUT2D eigenvalue weighted by atomic mass is 9.89. The van der Waals surface area contributed by atoms with Gasteiger partial charge in [-0.2, -0.15) is 0 Å². The van der Waals surface area contributed by atoms with Gasteiger partial charge in [-0.15, -0.1) is 0 Å². The molecule has 0 aromatic heterocycles. The van der Waals surface area contributed by atoms with Gasteiger partial charge in [-0.1, -0.05) is 131 Å². The highest BCUT2D eigenvalue weighted by molar-refractivity contribution is 5.95. The van der Waals surface area contributed by atoms with E-state index in [1.54, 1.807) is 0 Å². The molecule has 6 aromatic carbocycles. The highest BCUT2D eigenvalue weighted by Crippen LogP contribution is 2.26. The molecule has 0 bridgehead atoms. The van der Waals surface area contributed by atoms with Crippen LogP contribution in [-0.4, -0.2) is 0 Å². The first-order valence-corrected chi connectivity index (χ1v) is 15.2. The average Bonchev–Trinajstić information content (AvgIpc) is 3.00. The Balaban J connectivity index is 0.00000108. The van der Waals surface area contributed by atoms with Crippen molar-refractivity contribution in [1.29, 1.82) is 0 Å². The Morgan fingerprint density at radius 1 is 0.512 bits per heavy atom. The van der Waals surface area contributed by atoms with Gasteiger partial charge in [0.05, 0.1) is 0 Å². The van der Waals surface area contributed by atoms with Gasteiger partial charge >= 0.3 is 0 Å². The lowest BCUT2D eigenvalue weighted by Gasteiger charge is -2.15. The third-order valence-electron chi connectivity index (χ3n) is 8.09. The summed E-state index contributed by atoms with van der Waals surface area (Å²) < 4.78 is 0. The molecule has 0 saturated carbocycles. The Hall–Kier alpha value is -4.16. The minimum Gasteiger partial charge on any atom is -0.0656 e. The van der Waals surface area contributed by atoms with Gasteiger partial charge in [0.1, 0.15) is 0 Å². The fourth-order valence-electron chi connectivity index (χ4n) is 6.04. The molecule has 0 aliphatic carbocycles. The molecular weight excluding hydrogens is 492 g/mol. The molecule has 41 heavy (non-hydrogen) atoms. The van der Waals surface area contributed by atoms with Gasteiger partial charge in [-0.25, -0.2) is 0 Å². The van der Waals surface area contributed by atoms with Crippen molar-refractivity contribution in [2.75, 3.05) is 0 Å². The van der Waals surface area contributed by atoms with Crippen molar-refractivity contribution < 1.29 is 0 Å². The molecule has 0 spiro atoms. The second-order valence-corrected chi connectivity index (χ2v) is 11.3. The van der Waals surface area contributed by atoms with E-state index in [9.17, 15) is 0 Å². The summed E-state index contributed by atoms with van der Waals surface area (Å²) in [6, 6.07) is 40.4. The average molecular weight is 535 g/mol. The van der Waals surface area contributed by atoms with Crippen LogP contribution in [0.1, 0.15) is 69.2 Å². The molecule has 0 amide bonds. The molecule has 0 heterocycles. The highest BCUT2D eigenvalue weighted by atomic mass is 14.2. The van der Waals surface area contributed by atoms with E-state index in [-0.39, 0.29) is 0 Å². The smallest absolute Gasteiger partial charge is 0.00704 e. The maximum absolute atomic E-state index is 2.37. The number of benzene rings is 6. The summed E-state index contributed by atoms with van der Waals surface area (Å²) in [4.78, 5) is 0. The van der Waals surface area contributed by atoms with E-state index in [2.05, 4.69) is 151 Å². The summed E-state index contributed by atoms with van der Waals surface area (Å²) in [5, 5.41) is 10.6. The molecular formula is C41H42. The third-order valence-corrected chi connectivity index (χ3v) is 8.09. The maximum Gasteiger partial charge on any atom is -0.00704 e. The first kappa shape index (κ1) is 28.4. The zero-order valence-electron chi connectivity index (χ0n) is 25.5. The standard InChI is InChI=1S/C38H34.C3H8/c1-5-10-35(33-20-18-29-12-7-9-14-32(29)24-33)36-22-16-25(2)37-34(21-15-26(3)38(36)37)27(4)30-19-17-28-11-6-8-13-31(28)23-30;1-3-2/h6-9,11-24H,5,10H2,1-4H3;3H2,1-2H3/b34-27+,36-35+;. The largest absolute Gasteiger partial charge is 0.0656 e. The molecule has 0 fully saturated rings. The van der Waals surface area contributed by atoms with E-state index in [0.29, 0.717) is 0 Å². The molecule has 0 radical (unpaired) electrons. The zero-order chi connectivity index (χ0) is 28.9. The van der Waals surface area contributed by atoms with Crippen LogP contribution in [0.15, 0.2) is 109 Å². The molecule has 0 N–H and O–H groups in total. The van der Waals surface area contributed by atoms with E-state index in [1.165, 1.54) is 82.6 Å². The Kier molecular flexibility index (Phi) is 8.70. The van der Waals surface area contributed by atoms with Gasteiger partial charge < -0.3 is 0 Å². The quantitative estimate of drug-likeness (QED) is 0.211. The molecule has 0 aliphatic heterocycles. The molecule has 6 aromatic rings. The molecule has 0 aliphatic rings. The van der Waals surface area contributed by atoms with Gasteiger partial charge in [-0.3, -0.25) is 0 Å². The van der Waals surface area contributed by atoms with E-state index in [0.717, 1.165) is 12.8 Å². The normalized spacial score (nSPS) is 12.7. The number of hydrogen-bond acceptors (Lipinski definition) is 0. The van der Waals surface area contributed by atoms with Crippen molar-refractivity contribution in [1.82, 2.24) is 0 Å². The van der Waals surface area contributed by atoms with E-state index in [1.807, 2.05) is 0 Å². The summed E-state index contributed by atoms with van der Waals surface area (Å²) in [5.74, 6) is 0. The minimum atomic E-state index is 1.05. The number of rotatable bonds is 4. The van der Waals surface area contributed by atoms with E-state index < -0.39 is 0 Å². The van der Waals surface area contributed by atoms with Gasteiger partial charge in [0.2, 0.25) is 0 Å². The van der Waals surface area contributed by atoms with Crippen LogP contribution in [0.5, 0.6) is 0 Å². The van der Waals surface area contributed by atoms with Crippen LogP contribution in [0.25, 0.3) is 43.5 Å². The first-order valence-electron chi connectivity index (χ1n) is 15.2. The Labute approximate surface area is 245 Å². The molecule has 0 saturated heterocycles. The van der Waals surface area contributed by atoms with Crippen molar-refractivity contribution in [3.05, 3.63) is 142 Å².